The van der Waals surface area contributed by atoms with Gasteiger partial charge in [-0.1, -0.05) is 32.4 Å². The molecule has 1 N–H and O–H groups in total. The number of allylic oxidation sites excluding steroid dienone is 4. The zero-order valence-corrected chi connectivity index (χ0v) is 15.6. The molecule has 4 rings (SSSR count). The normalized spacial score (nSPS) is 50.7. The highest BCUT2D eigenvalue weighted by Crippen LogP contribution is 2.70. The molecule has 4 aliphatic rings. The van der Waals surface area contributed by atoms with Gasteiger partial charge in [-0.3, -0.25) is 4.79 Å². The molecular weight excluding hydrogens is 341 g/mol. The van der Waals surface area contributed by atoms with E-state index in [1.54, 1.807) is 19.1 Å². The van der Waals surface area contributed by atoms with Gasteiger partial charge in [0.25, 0.3) is 0 Å². The van der Waals surface area contributed by atoms with E-state index in [0.717, 1.165) is 12.0 Å². The molecule has 3 saturated carbocycles. The Balaban J connectivity index is 1.75. The van der Waals surface area contributed by atoms with E-state index in [2.05, 4.69) is 13.8 Å². The molecule has 3 fully saturated rings. The van der Waals surface area contributed by atoms with Crippen LogP contribution in [-0.4, -0.2) is 22.7 Å². The van der Waals surface area contributed by atoms with Gasteiger partial charge >= 0.3 is 6.18 Å². The Bertz CT molecular complexity index is 709. The summed E-state index contributed by atoms with van der Waals surface area (Å²) in [6.07, 6.45) is 2.78. The molecule has 0 aliphatic heterocycles. The number of halogens is 3. The highest BCUT2D eigenvalue weighted by atomic mass is 19.4. The molecule has 0 radical (unpaired) electrons. The van der Waals surface area contributed by atoms with E-state index in [-0.39, 0.29) is 41.3 Å². The van der Waals surface area contributed by atoms with Crippen molar-refractivity contribution in [2.75, 3.05) is 0 Å². The topological polar surface area (TPSA) is 37.3 Å². The van der Waals surface area contributed by atoms with E-state index in [4.69, 9.17) is 0 Å². The molecule has 0 saturated heterocycles. The highest BCUT2D eigenvalue weighted by molar-refractivity contribution is 6.01. The van der Waals surface area contributed by atoms with Crippen LogP contribution in [0.25, 0.3) is 0 Å². The summed E-state index contributed by atoms with van der Waals surface area (Å²) in [7, 11) is 0. The average Bonchev–Trinajstić information content (AvgIpc) is 2.82. The van der Waals surface area contributed by atoms with Crippen LogP contribution < -0.4 is 0 Å². The third-order valence-electron chi connectivity index (χ3n) is 8.52. The third-order valence-corrected chi connectivity index (χ3v) is 8.52. The molecule has 0 aromatic heterocycles. The second-order valence-corrected chi connectivity index (χ2v) is 9.51. The van der Waals surface area contributed by atoms with Gasteiger partial charge in [-0.05, 0) is 67.9 Å². The molecule has 0 amide bonds. The largest absolute Gasteiger partial charge is 0.417 e. The predicted octanol–water partition coefficient (Wildman–Crippen LogP) is 4.83. The zero-order valence-electron chi connectivity index (χ0n) is 15.6. The number of rotatable bonds is 0. The van der Waals surface area contributed by atoms with Crippen LogP contribution in [0.15, 0.2) is 23.8 Å². The van der Waals surface area contributed by atoms with Gasteiger partial charge in [0.05, 0.1) is 0 Å². The number of ketones is 1. The predicted molar refractivity (Wildman–Crippen MR) is 92.2 cm³/mol. The molecule has 26 heavy (non-hydrogen) atoms. The standard InChI is InChI=1S/C21H27F3O2/c1-12-10-13-11-14(25)4-7-18(13,2)15-5-8-19(3)16(17(12)15)6-9-20(19,26)21(22,23)24/h4,7,11-12,15-17,26H,5-6,8-10H2,1-3H3/t12?,15?,16?,17?,18-,19-,20+/m0/s1. The molecule has 0 bridgehead atoms. The van der Waals surface area contributed by atoms with E-state index in [0.29, 0.717) is 19.3 Å². The van der Waals surface area contributed by atoms with Gasteiger partial charge in [-0.2, -0.15) is 13.2 Å². The van der Waals surface area contributed by atoms with Crippen LogP contribution in [0.4, 0.5) is 13.2 Å². The lowest BCUT2D eigenvalue weighted by molar-refractivity contribution is -0.303. The van der Waals surface area contributed by atoms with Crippen molar-refractivity contribution in [3.63, 3.8) is 0 Å². The third kappa shape index (κ3) is 2.07. The number of carbonyl (C=O) groups excluding carboxylic acids is 1. The number of hydrogen-bond acceptors (Lipinski definition) is 2. The van der Waals surface area contributed by atoms with Gasteiger partial charge in [-0.15, -0.1) is 0 Å². The molecule has 2 nitrogen and oxygen atoms in total. The zero-order chi connectivity index (χ0) is 19.1. The van der Waals surface area contributed by atoms with Crippen molar-refractivity contribution < 1.29 is 23.1 Å². The number of fused-ring (bicyclic) bond motifs is 5. The second-order valence-electron chi connectivity index (χ2n) is 9.51. The van der Waals surface area contributed by atoms with E-state index in [9.17, 15) is 23.1 Å². The molecule has 0 aromatic rings. The van der Waals surface area contributed by atoms with Crippen molar-refractivity contribution in [3.05, 3.63) is 23.8 Å². The van der Waals surface area contributed by atoms with E-state index < -0.39 is 17.2 Å². The summed E-state index contributed by atoms with van der Waals surface area (Å²) in [4.78, 5) is 11.8. The maximum atomic E-state index is 13.8. The number of hydrogen-bond donors (Lipinski definition) is 1. The smallest absolute Gasteiger partial charge is 0.380 e. The van der Waals surface area contributed by atoms with Crippen LogP contribution in [-0.2, 0) is 4.79 Å². The summed E-state index contributed by atoms with van der Waals surface area (Å²) in [5.74, 6) is 0.475. The lowest BCUT2D eigenvalue weighted by atomic mass is 9.45. The Labute approximate surface area is 152 Å². The Hall–Kier alpha value is -1.10. The summed E-state index contributed by atoms with van der Waals surface area (Å²) in [6.45, 7) is 5.91. The summed E-state index contributed by atoms with van der Waals surface area (Å²) >= 11 is 0. The number of carbonyl (C=O) groups is 1. The van der Waals surface area contributed by atoms with E-state index in [1.165, 1.54) is 0 Å². The molecule has 4 aliphatic carbocycles. The Kier molecular flexibility index (Phi) is 3.68. The minimum atomic E-state index is -4.59. The van der Waals surface area contributed by atoms with Crippen molar-refractivity contribution in [2.45, 2.75) is 64.7 Å². The molecule has 4 unspecified atom stereocenters. The molecule has 5 heteroatoms. The van der Waals surface area contributed by atoms with E-state index in [1.807, 2.05) is 6.08 Å². The van der Waals surface area contributed by atoms with Gasteiger partial charge in [0.2, 0.25) is 0 Å². The fourth-order valence-electron chi connectivity index (χ4n) is 7.03. The molecular formula is C21H27F3O2. The Morgan fingerprint density at radius 2 is 1.81 bits per heavy atom. The fourth-order valence-corrected chi connectivity index (χ4v) is 7.03. The minimum Gasteiger partial charge on any atom is -0.380 e. The molecule has 0 heterocycles. The number of alkyl halides is 3. The molecule has 0 aromatic carbocycles. The van der Waals surface area contributed by atoms with Crippen LogP contribution in [0, 0.1) is 34.5 Å². The first-order valence-electron chi connectivity index (χ1n) is 9.67. The van der Waals surface area contributed by atoms with Crippen molar-refractivity contribution in [3.8, 4) is 0 Å². The minimum absolute atomic E-state index is 0.0103. The van der Waals surface area contributed by atoms with Crippen molar-refractivity contribution in [2.24, 2.45) is 34.5 Å². The SMILES string of the molecule is CC1CC2=CC(=O)C=C[C@]2(C)C2CC[C@@]3(C)C(CC[C@]3(O)C(F)(F)F)C12. The van der Waals surface area contributed by atoms with Crippen LogP contribution in [0.2, 0.25) is 0 Å². The number of aliphatic hydroxyl groups is 1. The quantitative estimate of drug-likeness (QED) is 0.665. The monoisotopic (exact) mass is 368 g/mol. The van der Waals surface area contributed by atoms with Gasteiger partial charge in [-0.25, -0.2) is 0 Å². The molecule has 7 atom stereocenters. The maximum Gasteiger partial charge on any atom is 0.417 e. The van der Waals surface area contributed by atoms with Crippen LogP contribution >= 0.6 is 0 Å². The Morgan fingerprint density at radius 1 is 1.15 bits per heavy atom. The van der Waals surface area contributed by atoms with Gasteiger partial charge in [0.1, 0.15) is 0 Å². The van der Waals surface area contributed by atoms with Crippen LogP contribution in [0.1, 0.15) is 52.9 Å². The summed E-state index contributed by atoms with van der Waals surface area (Å²) in [6, 6.07) is 0. The van der Waals surface area contributed by atoms with E-state index >= 15 is 0 Å². The highest BCUT2D eigenvalue weighted by Gasteiger charge is 2.72. The first-order valence-corrected chi connectivity index (χ1v) is 9.67. The van der Waals surface area contributed by atoms with Gasteiger partial charge < -0.3 is 5.11 Å². The fraction of sp³-hybridized carbons (Fsp3) is 0.762. The summed E-state index contributed by atoms with van der Waals surface area (Å²) in [5.41, 5.74) is -2.81. The summed E-state index contributed by atoms with van der Waals surface area (Å²) < 4.78 is 41.3. The van der Waals surface area contributed by atoms with Gasteiger partial charge in [0, 0.05) is 10.8 Å². The van der Waals surface area contributed by atoms with Crippen molar-refractivity contribution in [1.82, 2.24) is 0 Å². The lowest BCUT2D eigenvalue weighted by Crippen LogP contribution is -2.60. The van der Waals surface area contributed by atoms with Crippen LogP contribution in [0.3, 0.4) is 0 Å². The van der Waals surface area contributed by atoms with Crippen LogP contribution in [0.5, 0.6) is 0 Å². The molecule has 144 valence electrons. The first kappa shape index (κ1) is 18.3. The lowest BCUT2D eigenvalue weighted by Gasteiger charge is -2.60. The average molecular weight is 368 g/mol. The summed E-state index contributed by atoms with van der Waals surface area (Å²) in [5, 5.41) is 10.7. The maximum absolute atomic E-state index is 13.8. The second kappa shape index (κ2) is 5.24. The first-order chi connectivity index (χ1) is 11.9. The van der Waals surface area contributed by atoms with Crippen molar-refractivity contribution >= 4 is 5.78 Å². The van der Waals surface area contributed by atoms with Crippen molar-refractivity contribution in [1.29, 1.82) is 0 Å². The molecule has 0 spiro atoms. The Morgan fingerprint density at radius 3 is 2.46 bits per heavy atom. The van der Waals surface area contributed by atoms with Gasteiger partial charge in [0.15, 0.2) is 11.4 Å².